The number of hydrogen-bond acceptors (Lipinski definition) is 4. The summed E-state index contributed by atoms with van der Waals surface area (Å²) in [6.07, 6.45) is 1.74. The molecule has 0 spiro atoms. The van der Waals surface area contributed by atoms with Crippen molar-refractivity contribution < 1.29 is 24.2 Å². The van der Waals surface area contributed by atoms with Gasteiger partial charge in [-0.15, -0.1) is 0 Å². The van der Waals surface area contributed by atoms with Crippen LogP contribution in [0.15, 0.2) is 0 Å². The van der Waals surface area contributed by atoms with E-state index in [4.69, 9.17) is 9.47 Å². The standard InChI is InChI=1S/C13H24N2O5/c1-4-5-12(2,10(16)17)15-11(18)14-8-13(19-3)6-7-20-9-13/h4-9H2,1-3H3,(H,16,17)(H2,14,15,18). The highest BCUT2D eigenvalue weighted by atomic mass is 16.5. The van der Waals surface area contributed by atoms with Crippen LogP contribution in [0.25, 0.3) is 0 Å². The van der Waals surface area contributed by atoms with Gasteiger partial charge in [-0.1, -0.05) is 13.3 Å². The van der Waals surface area contributed by atoms with Crippen LogP contribution in [0, 0.1) is 0 Å². The van der Waals surface area contributed by atoms with Crippen LogP contribution < -0.4 is 10.6 Å². The van der Waals surface area contributed by atoms with Crippen LogP contribution in [-0.4, -0.2) is 55.1 Å². The fraction of sp³-hybridized carbons (Fsp3) is 0.846. The van der Waals surface area contributed by atoms with Crippen LogP contribution in [0.5, 0.6) is 0 Å². The Morgan fingerprint density at radius 2 is 2.20 bits per heavy atom. The predicted octanol–water partition coefficient (Wildman–Crippen LogP) is 0.735. The third kappa shape index (κ3) is 4.08. The van der Waals surface area contributed by atoms with Gasteiger partial charge in [0.2, 0.25) is 0 Å². The summed E-state index contributed by atoms with van der Waals surface area (Å²) in [7, 11) is 1.58. The molecule has 0 radical (unpaired) electrons. The molecule has 7 heteroatoms. The largest absolute Gasteiger partial charge is 0.480 e. The van der Waals surface area contributed by atoms with E-state index >= 15 is 0 Å². The van der Waals surface area contributed by atoms with Crippen LogP contribution >= 0.6 is 0 Å². The number of hydrogen-bond donors (Lipinski definition) is 3. The Kier molecular flexibility index (Phi) is 5.76. The number of carboxylic acids is 1. The van der Waals surface area contributed by atoms with E-state index in [2.05, 4.69) is 10.6 Å². The minimum absolute atomic E-state index is 0.289. The molecule has 0 saturated carbocycles. The summed E-state index contributed by atoms with van der Waals surface area (Å²) >= 11 is 0. The highest BCUT2D eigenvalue weighted by molar-refractivity contribution is 5.85. The zero-order valence-corrected chi connectivity index (χ0v) is 12.3. The predicted molar refractivity (Wildman–Crippen MR) is 72.7 cm³/mol. The van der Waals surface area contributed by atoms with Gasteiger partial charge in [0.25, 0.3) is 0 Å². The van der Waals surface area contributed by atoms with E-state index in [9.17, 15) is 14.7 Å². The maximum absolute atomic E-state index is 11.9. The van der Waals surface area contributed by atoms with Crippen LogP contribution in [0.1, 0.15) is 33.1 Å². The summed E-state index contributed by atoms with van der Waals surface area (Å²) in [6, 6.07) is -0.508. The molecule has 7 nitrogen and oxygen atoms in total. The van der Waals surface area contributed by atoms with Gasteiger partial charge in [-0.2, -0.15) is 0 Å². The van der Waals surface area contributed by atoms with Gasteiger partial charge in [0.05, 0.1) is 13.2 Å². The van der Waals surface area contributed by atoms with Crippen molar-refractivity contribution in [1.29, 1.82) is 0 Å². The second-order valence-electron chi connectivity index (χ2n) is 5.38. The van der Waals surface area contributed by atoms with Gasteiger partial charge in [0.1, 0.15) is 11.1 Å². The van der Waals surface area contributed by atoms with Crippen molar-refractivity contribution in [3.8, 4) is 0 Å². The summed E-state index contributed by atoms with van der Waals surface area (Å²) in [6.45, 7) is 4.69. The van der Waals surface area contributed by atoms with Crippen molar-refractivity contribution in [1.82, 2.24) is 10.6 Å². The lowest BCUT2D eigenvalue weighted by Crippen LogP contribution is -2.57. The Hall–Kier alpha value is -1.34. The molecular weight excluding hydrogens is 264 g/mol. The molecular formula is C13H24N2O5. The minimum Gasteiger partial charge on any atom is -0.480 e. The number of amides is 2. The highest BCUT2D eigenvalue weighted by Crippen LogP contribution is 2.21. The van der Waals surface area contributed by atoms with Crippen molar-refractivity contribution in [3.05, 3.63) is 0 Å². The Morgan fingerprint density at radius 1 is 1.50 bits per heavy atom. The molecule has 1 saturated heterocycles. The van der Waals surface area contributed by atoms with E-state index in [0.29, 0.717) is 32.5 Å². The fourth-order valence-electron chi connectivity index (χ4n) is 2.22. The lowest BCUT2D eigenvalue weighted by molar-refractivity contribution is -0.144. The van der Waals surface area contributed by atoms with Gasteiger partial charge in [-0.05, 0) is 13.3 Å². The summed E-state index contributed by atoms with van der Waals surface area (Å²) in [5.74, 6) is -1.04. The van der Waals surface area contributed by atoms with Crippen LogP contribution in [0.3, 0.4) is 0 Å². The van der Waals surface area contributed by atoms with Crippen molar-refractivity contribution in [2.45, 2.75) is 44.2 Å². The zero-order chi connectivity index (χ0) is 15.2. The summed E-state index contributed by atoms with van der Waals surface area (Å²) in [5, 5.41) is 14.4. The molecule has 1 fully saturated rings. The van der Waals surface area contributed by atoms with Crippen LogP contribution in [-0.2, 0) is 14.3 Å². The zero-order valence-electron chi connectivity index (χ0n) is 12.3. The minimum atomic E-state index is -1.26. The first-order valence-corrected chi connectivity index (χ1v) is 6.80. The number of carbonyl (C=O) groups is 2. The summed E-state index contributed by atoms with van der Waals surface area (Å²) in [5.41, 5.74) is -1.77. The SMILES string of the molecule is CCCC(C)(NC(=O)NCC1(OC)CCOC1)C(=O)O. The Bertz CT molecular complexity index is 355. The van der Waals surface area contributed by atoms with E-state index in [0.717, 1.165) is 0 Å². The topological polar surface area (TPSA) is 96.9 Å². The van der Waals surface area contributed by atoms with Crippen molar-refractivity contribution in [2.75, 3.05) is 26.9 Å². The molecule has 1 rings (SSSR count). The molecule has 0 aromatic carbocycles. The number of urea groups is 1. The van der Waals surface area contributed by atoms with Crippen LogP contribution in [0.2, 0.25) is 0 Å². The molecule has 1 heterocycles. The van der Waals surface area contributed by atoms with Gasteiger partial charge in [0, 0.05) is 20.1 Å². The van der Waals surface area contributed by atoms with Gasteiger partial charge >= 0.3 is 12.0 Å². The van der Waals surface area contributed by atoms with E-state index in [-0.39, 0.29) is 6.54 Å². The number of carboxylic acid groups (broad SMARTS) is 1. The molecule has 0 aliphatic carbocycles. The normalized spacial score (nSPS) is 24.9. The van der Waals surface area contributed by atoms with Gasteiger partial charge in [-0.25, -0.2) is 9.59 Å². The molecule has 2 atom stereocenters. The second-order valence-corrected chi connectivity index (χ2v) is 5.38. The number of ether oxygens (including phenoxy) is 2. The first-order valence-electron chi connectivity index (χ1n) is 6.80. The average Bonchev–Trinajstić information content (AvgIpc) is 2.86. The number of nitrogens with one attached hydrogen (secondary N) is 2. The van der Waals surface area contributed by atoms with Crippen molar-refractivity contribution in [3.63, 3.8) is 0 Å². The lowest BCUT2D eigenvalue weighted by Gasteiger charge is -2.29. The fourth-order valence-corrected chi connectivity index (χ4v) is 2.22. The molecule has 0 bridgehead atoms. The first-order chi connectivity index (χ1) is 9.37. The maximum atomic E-state index is 11.9. The monoisotopic (exact) mass is 288 g/mol. The lowest BCUT2D eigenvalue weighted by atomic mass is 9.96. The number of methoxy groups -OCH3 is 1. The number of rotatable bonds is 7. The number of aliphatic carboxylic acids is 1. The van der Waals surface area contributed by atoms with Crippen molar-refractivity contribution >= 4 is 12.0 Å². The van der Waals surface area contributed by atoms with E-state index < -0.39 is 23.1 Å². The molecule has 2 amide bonds. The third-order valence-electron chi connectivity index (χ3n) is 3.68. The summed E-state index contributed by atoms with van der Waals surface area (Å²) < 4.78 is 10.7. The van der Waals surface area contributed by atoms with Crippen LogP contribution in [0.4, 0.5) is 4.79 Å². The Labute approximate surface area is 119 Å². The number of carbonyl (C=O) groups excluding carboxylic acids is 1. The van der Waals surface area contributed by atoms with Gasteiger partial charge < -0.3 is 25.2 Å². The molecule has 0 aromatic rings. The molecule has 3 N–H and O–H groups in total. The smallest absolute Gasteiger partial charge is 0.329 e. The average molecular weight is 288 g/mol. The Morgan fingerprint density at radius 3 is 2.65 bits per heavy atom. The highest BCUT2D eigenvalue weighted by Gasteiger charge is 2.37. The molecule has 1 aliphatic heterocycles. The Balaban J connectivity index is 2.52. The summed E-state index contributed by atoms with van der Waals surface area (Å²) in [4.78, 5) is 23.1. The molecule has 116 valence electrons. The molecule has 2 unspecified atom stereocenters. The molecule has 1 aliphatic rings. The maximum Gasteiger partial charge on any atom is 0.329 e. The first kappa shape index (κ1) is 16.7. The van der Waals surface area contributed by atoms with Crippen molar-refractivity contribution in [2.24, 2.45) is 0 Å². The van der Waals surface area contributed by atoms with E-state index in [1.165, 1.54) is 6.92 Å². The third-order valence-corrected chi connectivity index (χ3v) is 3.68. The quantitative estimate of drug-likeness (QED) is 0.642. The van der Waals surface area contributed by atoms with Gasteiger partial charge in [-0.3, -0.25) is 0 Å². The van der Waals surface area contributed by atoms with Gasteiger partial charge in [0.15, 0.2) is 0 Å². The molecule has 20 heavy (non-hydrogen) atoms. The van der Waals surface area contributed by atoms with E-state index in [1.807, 2.05) is 6.92 Å². The molecule has 0 aromatic heterocycles. The van der Waals surface area contributed by atoms with E-state index in [1.54, 1.807) is 7.11 Å². The second kappa shape index (κ2) is 6.90.